The van der Waals surface area contributed by atoms with Crippen LogP contribution in [-0.2, 0) is 4.74 Å². The molecular weight excluding hydrogens is 322 g/mol. The highest BCUT2D eigenvalue weighted by atomic mass is 16.5. The van der Waals surface area contributed by atoms with Crippen molar-refractivity contribution in [1.29, 1.82) is 0 Å². The molecular formula is C17H21N5O3. The first-order valence-corrected chi connectivity index (χ1v) is 8.70. The number of pyridine rings is 1. The van der Waals surface area contributed by atoms with Crippen LogP contribution in [0.4, 0.5) is 5.82 Å². The molecule has 3 aliphatic rings. The minimum atomic E-state index is -0.208. The Hall–Kier alpha value is -2.03. The number of aromatic nitrogens is 3. The Morgan fingerprint density at radius 1 is 1.44 bits per heavy atom. The highest BCUT2D eigenvalue weighted by Crippen LogP contribution is 2.47. The van der Waals surface area contributed by atoms with Crippen molar-refractivity contribution in [1.82, 2.24) is 20.4 Å². The molecule has 8 nitrogen and oxygen atoms in total. The highest BCUT2D eigenvalue weighted by molar-refractivity contribution is 5.55. The van der Waals surface area contributed by atoms with Gasteiger partial charge in [-0.25, -0.2) is 4.98 Å². The van der Waals surface area contributed by atoms with Gasteiger partial charge in [-0.15, -0.1) is 0 Å². The van der Waals surface area contributed by atoms with E-state index in [4.69, 9.17) is 9.26 Å². The molecule has 0 unspecified atom stereocenters. The maximum atomic E-state index is 9.81. The fourth-order valence-corrected chi connectivity index (χ4v) is 4.59. The fourth-order valence-electron chi connectivity index (χ4n) is 4.59. The molecule has 3 aliphatic heterocycles. The standard InChI is InChI=1S/C17H21N5O3/c1-10-20-16(25-21-10)11-2-3-15(19-4-11)22-6-13-12(7-23)14-5-18-8-17(13,9-22)24-14/h2-4,12-14,18,23H,5-9H2,1H3/t12-,13+,14+,17+/m0/s1. The number of fused-ring (bicyclic) bond motifs is 1. The summed E-state index contributed by atoms with van der Waals surface area (Å²) in [6, 6.07) is 3.93. The summed E-state index contributed by atoms with van der Waals surface area (Å²) in [6.45, 7) is 5.29. The summed E-state index contributed by atoms with van der Waals surface area (Å²) in [6.07, 6.45) is 1.89. The summed E-state index contributed by atoms with van der Waals surface area (Å²) < 4.78 is 11.5. The van der Waals surface area contributed by atoms with Gasteiger partial charge in [0.25, 0.3) is 5.89 Å². The van der Waals surface area contributed by atoms with E-state index in [-0.39, 0.29) is 24.2 Å². The molecule has 0 aliphatic carbocycles. The summed E-state index contributed by atoms with van der Waals surface area (Å²) in [4.78, 5) is 11.1. The topological polar surface area (TPSA) is 96.5 Å². The van der Waals surface area contributed by atoms with E-state index in [2.05, 4.69) is 25.3 Å². The second-order valence-electron chi connectivity index (χ2n) is 7.24. The molecule has 3 fully saturated rings. The minimum absolute atomic E-state index is 0.127. The van der Waals surface area contributed by atoms with Gasteiger partial charge in [0, 0.05) is 44.3 Å². The number of morpholine rings is 1. The van der Waals surface area contributed by atoms with Crippen molar-refractivity contribution < 1.29 is 14.4 Å². The average Bonchev–Trinajstić information content (AvgIpc) is 3.26. The van der Waals surface area contributed by atoms with Crippen LogP contribution in [0.1, 0.15) is 5.82 Å². The van der Waals surface area contributed by atoms with Crippen LogP contribution in [-0.4, -0.2) is 64.7 Å². The molecule has 2 N–H and O–H groups in total. The van der Waals surface area contributed by atoms with E-state index >= 15 is 0 Å². The Morgan fingerprint density at radius 3 is 3.08 bits per heavy atom. The lowest BCUT2D eigenvalue weighted by Crippen LogP contribution is -2.52. The van der Waals surface area contributed by atoms with Crippen molar-refractivity contribution >= 4 is 5.82 Å². The molecule has 25 heavy (non-hydrogen) atoms. The van der Waals surface area contributed by atoms with Gasteiger partial charge in [0.05, 0.1) is 18.2 Å². The van der Waals surface area contributed by atoms with Gasteiger partial charge in [0.15, 0.2) is 5.82 Å². The molecule has 2 aromatic rings. The number of aryl methyl sites for hydroxylation is 1. The Kier molecular flexibility index (Phi) is 3.34. The zero-order valence-electron chi connectivity index (χ0n) is 14.1. The first-order valence-electron chi connectivity index (χ1n) is 8.70. The predicted molar refractivity (Wildman–Crippen MR) is 89.0 cm³/mol. The smallest absolute Gasteiger partial charge is 0.259 e. The second kappa shape index (κ2) is 5.48. The molecule has 3 saturated heterocycles. The van der Waals surface area contributed by atoms with E-state index in [9.17, 15) is 5.11 Å². The van der Waals surface area contributed by atoms with E-state index < -0.39 is 0 Å². The summed E-state index contributed by atoms with van der Waals surface area (Å²) in [7, 11) is 0. The summed E-state index contributed by atoms with van der Waals surface area (Å²) in [5, 5.41) is 17.1. The molecule has 1 spiro atoms. The predicted octanol–water partition coefficient (Wildman–Crippen LogP) is 0.226. The van der Waals surface area contributed by atoms with Crippen molar-refractivity contribution in [3.8, 4) is 11.5 Å². The van der Waals surface area contributed by atoms with Crippen LogP contribution in [0.15, 0.2) is 22.9 Å². The van der Waals surface area contributed by atoms with E-state index in [1.165, 1.54) is 0 Å². The lowest BCUT2D eigenvalue weighted by Gasteiger charge is -2.34. The second-order valence-corrected chi connectivity index (χ2v) is 7.24. The van der Waals surface area contributed by atoms with Gasteiger partial charge >= 0.3 is 0 Å². The lowest BCUT2D eigenvalue weighted by atomic mass is 9.83. The molecule has 0 saturated carbocycles. The van der Waals surface area contributed by atoms with Crippen LogP contribution >= 0.6 is 0 Å². The van der Waals surface area contributed by atoms with Crippen molar-refractivity contribution in [2.24, 2.45) is 11.8 Å². The van der Waals surface area contributed by atoms with E-state index in [1.807, 2.05) is 12.1 Å². The number of hydrogen-bond acceptors (Lipinski definition) is 8. The SMILES string of the molecule is Cc1noc(-c2ccc(N3C[C@@H]4[C@H](CO)[C@H]5CNC[C@]4(C3)O5)nc2)n1. The molecule has 0 radical (unpaired) electrons. The van der Waals surface area contributed by atoms with Gasteiger partial charge in [-0.1, -0.05) is 5.16 Å². The van der Waals surface area contributed by atoms with Crippen LogP contribution in [0.25, 0.3) is 11.5 Å². The average molecular weight is 343 g/mol. The quantitative estimate of drug-likeness (QED) is 0.817. The molecule has 5 heterocycles. The minimum Gasteiger partial charge on any atom is -0.396 e. The Labute approximate surface area is 145 Å². The van der Waals surface area contributed by atoms with Gasteiger partial charge in [-0.3, -0.25) is 0 Å². The van der Waals surface area contributed by atoms with Crippen molar-refractivity contribution in [3.05, 3.63) is 24.2 Å². The summed E-state index contributed by atoms with van der Waals surface area (Å²) in [5.74, 6) is 2.53. The van der Waals surface area contributed by atoms with Gasteiger partial charge in [-0.05, 0) is 19.1 Å². The molecule has 2 bridgehead atoms. The zero-order chi connectivity index (χ0) is 17.0. The molecule has 4 atom stereocenters. The number of aliphatic hydroxyl groups excluding tert-OH is 1. The Balaban J connectivity index is 1.38. The maximum absolute atomic E-state index is 9.81. The van der Waals surface area contributed by atoms with Crippen LogP contribution in [0.2, 0.25) is 0 Å². The number of anilines is 1. The third-order valence-electron chi connectivity index (χ3n) is 5.76. The Morgan fingerprint density at radius 2 is 2.36 bits per heavy atom. The van der Waals surface area contributed by atoms with Crippen molar-refractivity contribution in [2.45, 2.75) is 18.6 Å². The first kappa shape index (κ1) is 15.2. The van der Waals surface area contributed by atoms with Crippen LogP contribution < -0.4 is 10.2 Å². The fraction of sp³-hybridized carbons (Fsp3) is 0.588. The van der Waals surface area contributed by atoms with E-state index in [0.29, 0.717) is 17.6 Å². The highest BCUT2D eigenvalue weighted by Gasteiger charge is 2.60. The monoisotopic (exact) mass is 343 g/mol. The van der Waals surface area contributed by atoms with Gasteiger partial charge in [0.2, 0.25) is 0 Å². The maximum Gasteiger partial charge on any atom is 0.259 e. The molecule has 0 amide bonds. The van der Waals surface area contributed by atoms with Crippen LogP contribution in [0.5, 0.6) is 0 Å². The molecule has 0 aromatic carbocycles. The van der Waals surface area contributed by atoms with Gasteiger partial charge in [-0.2, -0.15) is 4.98 Å². The van der Waals surface area contributed by atoms with Crippen LogP contribution in [0, 0.1) is 18.8 Å². The third kappa shape index (κ3) is 2.28. The summed E-state index contributed by atoms with van der Waals surface area (Å²) >= 11 is 0. The largest absolute Gasteiger partial charge is 0.396 e. The molecule has 2 aromatic heterocycles. The number of aliphatic hydroxyl groups is 1. The molecule has 8 heteroatoms. The van der Waals surface area contributed by atoms with E-state index in [0.717, 1.165) is 37.6 Å². The normalized spacial score (nSPS) is 33.7. The van der Waals surface area contributed by atoms with Crippen molar-refractivity contribution in [3.63, 3.8) is 0 Å². The molecule has 5 rings (SSSR count). The summed E-state index contributed by atoms with van der Waals surface area (Å²) in [5.41, 5.74) is 0.603. The van der Waals surface area contributed by atoms with Crippen LogP contribution in [0.3, 0.4) is 0 Å². The number of hydrogen-bond donors (Lipinski definition) is 2. The number of nitrogens with zero attached hydrogens (tertiary/aromatic N) is 4. The molecule has 132 valence electrons. The van der Waals surface area contributed by atoms with Gasteiger partial charge < -0.3 is 24.6 Å². The number of ether oxygens (including phenoxy) is 1. The zero-order valence-corrected chi connectivity index (χ0v) is 14.1. The first-order chi connectivity index (χ1) is 12.2. The van der Waals surface area contributed by atoms with Crippen molar-refractivity contribution in [2.75, 3.05) is 37.7 Å². The lowest BCUT2D eigenvalue weighted by molar-refractivity contribution is -0.0654. The van der Waals surface area contributed by atoms with Gasteiger partial charge in [0.1, 0.15) is 11.4 Å². The number of nitrogens with one attached hydrogen (secondary N) is 1. The number of rotatable bonds is 3. The van der Waals surface area contributed by atoms with E-state index in [1.54, 1.807) is 13.1 Å². The Bertz CT molecular complexity index is 779. The third-order valence-corrected chi connectivity index (χ3v) is 5.76.